The molecule has 1 aromatic carbocycles. The predicted molar refractivity (Wildman–Crippen MR) is 105 cm³/mol. The predicted octanol–water partition coefficient (Wildman–Crippen LogP) is 4.89. The van der Waals surface area contributed by atoms with Gasteiger partial charge in [-0.1, -0.05) is 23.7 Å². The molecular formula is C19H14ClF3N6. The zero-order valence-electron chi connectivity index (χ0n) is 14.8. The third-order valence-corrected chi connectivity index (χ3v) is 4.51. The Morgan fingerprint density at radius 1 is 1.14 bits per heavy atom. The zero-order valence-corrected chi connectivity index (χ0v) is 15.5. The number of hydrogen-bond acceptors (Lipinski definition) is 5. The normalized spacial score (nSPS) is 11.7. The maximum absolute atomic E-state index is 13.1. The summed E-state index contributed by atoms with van der Waals surface area (Å²) in [5.41, 5.74) is 7.32. The van der Waals surface area contributed by atoms with Gasteiger partial charge in [-0.05, 0) is 23.8 Å². The highest BCUT2D eigenvalue weighted by Gasteiger charge is 2.31. The van der Waals surface area contributed by atoms with E-state index in [0.29, 0.717) is 28.5 Å². The number of hydrogen-bond donors (Lipinski definition) is 3. The van der Waals surface area contributed by atoms with Gasteiger partial charge in [-0.3, -0.25) is 0 Å². The number of nitrogens with one attached hydrogen (secondary N) is 2. The van der Waals surface area contributed by atoms with Crippen LogP contribution in [0.3, 0.4) is 0 Å². The highest BCUT2D eigenvalue weighted by Crippen LogP contribution is 2.35. The van der Waals surface area contributed by atoms with Crippen molar-refractivity contribution in [3.05, 3.63) is 65.1 Å². The van der Waals surface area contributed by atoms with E-state index in [-0.39, 0.29) is 17.0 Å². The first-order valence-electron chi connectivity index (χ1n) is 8.47. The van der Waals surface area contributed by atoms with E-state index in [0.717, 1.165) is 17.8 Å². The van der Waals surface area contributed by atoms with E-state index in [1.165, 1.54) is 12.4 Å². The number of pyridine rings is 1. The van der Waals surface area contributed by atoms with Crippen molar-refractivity contribution in [3.8, 4) is 11.3 Å². The van der Waals surface area contributed by atoms with Gasteiger partial charge >= 0.3 is 6.18 Å². The fourth-order valence-corrected chi connectivity index (χ4v) is 3.09. The van der Waals surface area contributed by atoms with Crippen LogP contribution >= 0.6 is 11.6 Å². The second-order valence-corrected chi connectivity index (χ2v) is 6.74. The van der Waals surface area contributed by atoms with E-state index in [1.807, 2.05) is 12.1 Å². The Balaban J connectivity index is 1.69. The quantitative estimate of drug-likeness (QED) is 0.439. The Morgan fingerprint density at radius 3 is 2.72 bits per heavy atom. The van der Waals surface area contributed by atoms with E-state index >= 15 is 0 Å². The van der Waals surface area contributed by atoms with Gasteiger partial charge in [0, 0.05) is 34.9 Å². The molecule has 0 aliphatic heterocycles. The number of nitrogen functional groups attached to an aromatic ring is 1. The number of fused-ring (bicyclic) bond motifs is 1. The average Bonchev–Trinajstić information content (AvgIpc) is 3.10. The van der Waals surface area contributed by atoms with Crippen molar-refractivity contribution in [2.75, 3.05) is 11.1 Å². The molecule has 4 aromatic rings. The maximum Gasteiger partial charge on any atom is 0.417 e. The number of nitrogens with two attached hydrogens (primary N) is 1. The van der Waals surface area contributed by atoms with Gasteiger partial charge in [-0.2, -0.15) is 13.2 Å². The van der Waals surface area contributed by atoms with Gasteiger partial charge in [0.1, 0.15) is 11.3 Å². The molecule has 0 fully saturated rings. The first-order chi connectivity index (χ1) is 13.8. The lowest BCUT2D eigenvalue weighted by Gasteiger charge is -2.09. The van der Waals surface area contributed by atoms with Crippen molar-refractivity contribution in [2.24, 2.45) is 0 Å². The summed E-state index contributed by atoms with van der Waals surface area (Å²) >= 11 is 5.98. The zero-order chi connectivity index (χ0) is 20.6. The van der Waals surface area contributed by atoms with Crippen LogP contribution < -0.4 is 11.1 Å². The van der Waals surface area contributed by atoms with Crippen molar-refractivity contribution >= 4 is 34.3 Å². The van der Waals surface area contributed by atoms with Gasteiger partial charge in [0.15, 0.2) is 0 Å². The number of H-pyrrole nitrogens is 1. The summed E-state index contributed by atoms with van der Waals surface area (Å²) in [5, 5.41) is 3.94. The molecule has 0 saturated heterocycles. The number of aromatic amines is 1. The van der Waals surface area contributed by atoms with Crippen LogP contribution in [-0.4, -0.2) is 19.9 Å². The lowest BCUT2D eigenvalue weighted by molar-refractivity contribution is -0.137. The van der Waals surface area contributed by atoms with Crippen molar-refractivity contribution < 1.29 is 13.2 Å². The molecule has 0 radical (unpaired) electrons. The first-order valence-corrected chi connectivity index (χ1v) is 8.84. The Bertz CT molecular complexity index is 1190. The van der Waals surface area contributed by atoms with Crippen molar-refractivity contribution in [2.45, 2.75) is 12.7 Å². The second kappa shape index (κ2) is 7.25. The van der Waals surface area contributed by atoms with Gasteiger partial charge < -0.3 is 16.0 Å². The van der Waals surface area contributed by atoms with E-state index in [4.69, 9.17) is 17.3 Å². The number of anilines is 2. The van der Waals surface area contributed by atoms with Gasteiger partial charge in [0.25, 0.3) is 0 Å². The molecule has 148 valence electrons. The smallest absolute Gasteiger partial charge is 0.396 e. The molecule has 29 heavy (non-hydrogen) atoms. The van der Waals surface area contributed by atoms with E-state index < -0.39 is 11.7 Å². The van der Waals surface area contributed by atoms with Gasteiger partial charge in [-0.25, -0.2) is 15.0 Å². The molecule has 0 atom stereocenters. The molecule has 0 amide bonds. The molecule has 3 aromatic heterocycles. The molecule has 4 rings (SSSR count). The molecule has 0 aliphatic carbocycles. The van der Waals surface area contributed by atoms with Crippen LogP contribution in [0.5, 0.6) is 0 Å². The van der Waals surface area contributed by atoms with Crippen molar-refractivity contribution in [1.29, 1.82) is 0 Å². The largest absolute Gasteiger partial charge is 0.417 e. The molecule has 6 nitrogen and oxygen atoms in total. The fraction of sp³-hybridized carbons (Fsp3) is 0.105. The number of halogens is 4. The molecule has 0 aliphatic rings. The topological polar surface area (TPSA) is 92.5 Å². The van der Waals surface area contributed by atoms with Crippen LogP contribution in [0.4, 0.5) is 24.8 Å². The fourth-order valence-electron chi connectivity index (χ4n) is 2.87. The molecule has 0 saturated carbocycles. The number of benzene rings is 1. The van der Waals surface area contributed by atoms with Crippen LogP contribution in [0.2, 0.25) is 5.02 Å². The highest BCUT2D eigenvalue weighted by atomic mass is 35.5. The standard InChI is InChI=1S/C19H14ClF3N6/c20-12-3-1-2-10(4-12)6-27-18-28-9-15(24)16(29-18)14-8-26-17-13(14)5-11(7-25-17)19(21,22)23/h1-5,7-9H,6,24H2,(H,25,26)(H,27,28,29). The minimum atomic E-state index is -4.50. The molecule has 4 N–H and O–H groups in total. The van der Waals surface area contributed by atoms with Crippen LogP contribution in [-0.2, 0) is 12.7 Å². The van der Waals surface area contributed by atoms with Gasteiger partial charge in [-0.15, -0.1) is 0 Å². The second-order valence-electron chi connectivity index (χ2n) is 6.30. The summed E-state index contributed by atoms with van der Waals surface area (Å²) < 4.78 is 39.2. The SMILES string of the molecule is Nc1cnc(NCc2cccc(Cl)c2)nc1-c1c[nH]c2ncc(C(F)(F)F)cc12. The summed E-state index contributed by atoms with van der Waals surface area (Å²) in [6.07, 6.45) is -0.791. The minimum Gasteiger partial charge on any atom is -0.396 e. The van der Waals surface area contributed by atoms with Crippen LogP contribution in [0.25, 0.3) is 22.3 Å². The summed E-state index contributed by atoms with van der Waals surface area (Å²) in [7, 11) is 0. The molecule has 0 spiro atoms. The van der Waals surface area contributed by atoms with Gasteiger partial charge in [0.2, 0.25) is 5.95 Å². The molecular weight excluding hydrogens is 405 g/mol. The summed E-state index contributed by atoms with van der Waals surface area (Å²) in [4.78, 5) is 15.2. The Kier molecular flexibility index (Phi) is 4.75. The Morgan fingerprint density at radius 2 is 1.97 bits per heavy atom. The molecule has 0 unspecified atom stereocenters. The summed E-state index contributed by atoms with van der Waals surface area (Å²) in [5.74, 6) is 0.281. The van der Waals surface area contributed by atoms with Gasteiger partial charge in [0.05, 0.1) is 17.4 Å². The Labute approximate surface area is 168 Å². The minimum absolute atomic E-state index is 0.233. The van der Waals surface area contributed by atoms with E-state index in [9.17, 15) is 13.2 Å². The number of aromatic nitrogens is 4. The van der Waals surface area contributed by atoms with Crippen molar-refractivity contribution in [1.82, 2.24) is 19.9 Å². The average molecular weight is 419 g/mol. The van der Waals surface area contributed by atoms with E-state index in [1.54, 1.807) is 12.1 Å². The van der Waals surface area contributed by atoms with E-state index in [2.05, 4.69) is 25.3 Å². The third-order valence-electron chi connectivity index (χ3n) is 4.27. The Hall–Kier alpha value is -3.33. The molecule has 10 heteroatoms. The van der Waals surface area contributed by atoms with Crippen LogP contribution in [0.15, 0.2) is 48.9 Å². The lowest BCUT2D eigenvalue weighted by Crippen LogP contribution is -2.06. The highest BCUT2D eigenvalue weighted by molar-refractivity contribution is 6.30. The summed E-state index contributed by atoms with van der Waals surface area (Å²) in [6.45, 7) is 0.414. The van der Waals surface area contributed by atoms with Crippen molar-refractivity contribution in [3.63, 3.8) is 0 Å². The monoisotopic (exact) mass is 418 g/mol. The lowest BCUT2D eigenvalue weighted by atomic mass is 10.1. The number of alkyl halides is 3. The third kappa shape index (κ3) is 3.95. The van der Waals surface area contributed by atoms with Crippen LogP contribution in [0.1, 0.15) is 11.1 Å². The molecule has 3 heterocycles. The molecule has 0 bridgehead atoms. The van der Waals surface area contributed by atoms with Crippen LogP contribution in [0, 0.1) is 0 Å². The number of rotatable bonds is 4. The maximum atomic E-state index is 13.1. The number of nitrogens with zero attached hydrogens (tertiary/aromatic N) is 3. The first kappa shape index (κ1) is 19.0. The summed E-state index contributed by atoms with van der Waals surface area (Å²) in [6, 6.07) is 8.31.